The van der Waals surface area contributed by atoms with Crippen LogP contribution in [-0.2, 0) is 4.79 Å². The Balaban J connectivity index is 1.92. The normalized spacial score (nSPS) is 19.7. The largest absolute Gasteiger partial charge is 0.351 e. The molecule has 0 radical (unpaired) electrons. The zero-order chi connectivity index (χ0) is 14.7. The van der Waals surface area contributed by atoms with E-state index >= 15 is 0 Å². The maximum absolute atomic E-state index is 12.2. The van der Waals surface area contributed by atoms with Crippen molar-refractivity contribution in [3.05, 3.63) is 34.3 Å². The van der Waals surface area contributed by atoms with E-state index in [1.54, 1.807) is 4.90 Å². The van der Waals surface area contributed by atoms with Gasteiger partial charge in [0.2, 0.25) is 5.91 Å². The predicted octanol–water partition coefficient (Wildman–Crippen LogP) is 1.82. The van der Waals surface area contributed by atoms with Gasteiger partial charge in [-0.25, -0.2) is 4.79 Å². The van der Waals surface area contributed by atoms with Crippen molar-refractivity contribution in [1.29, 1.82) is 0 Å². The monoisotopic (exact) mass is 339 g/mol. The number of benzene rings is 1. The zero-order valence-electron chi connectivity index (χ0n) is 11.3. The van der Waals surface area contributed by atoms with E-state index in [0.717, 1.165) is 16.5 Å². The topological polar surface area (TPSA) is 75.4 Å². The number of likely N-dealkylation sites (tertiary alicyclic amines) is 1. The molecule has 2 rings (SSSR count). The molecule has 0 aliphatic carbocycles. The highest BCUT2D eigenvalue weighted by molar-refractivity contribution is 9.10. The SMILES string of the molecule is CC(C(=O)NC1CCN(C(N)=O)C1)c1ccc(Br)cc1. The molecule has 5 nitrogen and oxygen atoms in total. The maximum Gasteiger partial charge on any atom is 0.314 e. The quantitative estimate of drug-likeness (QED) is 0.881. The molecule has 6 heteroatoms. The molecule has 3 N–H and O–H groups in total. The van der Waals surface area contributed by atoms with E-state index in [0.29, 0.717) is 13.1 Å². The van der Waals surface area contributed by atoms with Gasteiger partial charge in [-0.3, -0.25) is 4.79 Å². The summed E-state index contributed by atoms with van der Waals surface area (Å²) in [5.74, 6) is -0.241. The number of carbonyl (C=O) groups excluding carboxylic acids is 2. The fourth-order valence-electron chi connectivity index (χ4n) is 2.31. The van der Waals surface area contributed by atoms with Crippen LogP contribution in [0.25, 0.3) is 0 Å². The van der Waals surface area contributed by atoms with Crippen LogP contribution in [0, 0.1) is 0 Å². The van der Waals surface area contributed by atoms with Gasteiger partial charge in [0.05, 0.1) is 5.92 Å². The number of halogens is 1. The van der Waals surface area contributed by atoms with E-state index in [4.69, 9.17) is 5.73 Å². The van der Waals surface area contributed by atoms with E-state index in [1.165, 1.54) is 0 Å². The van der Waals surface area contributed by atoms with Crippen LogP contribution in [-0.4, -0.2) is 36.0 Å². The van der Waals surface area contributed by atoms with Crippen molar-refractivity contribution in [2.75, 3.05) is 13.1 Å². The van der Waals surface area contributed by atoms with Crippen LogP contribution in [0.1, 0.15) is 24.8 Å². The number of amides is 3. The molecule has 108 valence electrons. The summed E-state index contributed by atoms with van der Waals surface area (Å²) in [5, 5.41) is 2.98. The van der Waals surface area contributed by atoms with Gasteiger partial charge in [-0.05, 0) is 31.0 Å². The summed E-state index contributed by atoms with van der Waals surface area (Å²) in [7, 11) is 0. The molecule has 1 aliphatic heterocycles. The molecule has 2 unspecified atom stereocenters. The van der Waals surface area contributed by atoms with Gasteiger partial charge in [0.25, 0.3) is 0 Å². The highest BCUT2D eigenvalue weighted by Crippen LogP contribution is 2.19. The summed E-state index contributed by atoms with van der Waals surface area (Å²) in [5.41, 5.74) is 6.19. The molecular weight excluding hydrogens is 322 g/mol. The maximum atomic E-state index is 12.2. The first-order chi connectivity index (χ1) is 9.47. The third kappa shape index (κ3) is 3.50. The van der Waals surface area contributed by atoms with E-state index in [9.17, 15) is 9.59 Å². The lowest BCUT2D eigenvalue weighted by atomic mass is 10.00. The lowest BCUT2D eigenvalue weighted by molar-refractivity contribution is -0.122. The van der Waals surface area contributed by atoms with Crippen molar-refractivity contribution in [1.82, 2.24) is 10.2 Å². The fraction of sp³-hybridized carbons (Fsp3) is 0.429. The summed E-state index contributed by atoms with van der Waals surface area (Å²) in [6.07, 6.45) is 0.752. The lowest BCUT2D eigenvalue weighted by Gasteiger charge is -2.18. The Bertz CT molecular complexity index is 504. The molecule has 0 spiro atoms. The zero-order valence-corrected chi connectivity index (χ0v) is 12.9. The molecule has 1 fully saturated rings. The molecule has 2 atom stereocenters. The van der Waals surface area contributed by atoms with E-state index in [1.807, 2.05) is 31.2 Å². The Kier molecular flexibility index (Phi) is 4.65. The minimum absolute atomic E-state index is 0.00658. The minimum Gasteiger partial charge on any atom is -0.351 e. The van der Waals surface area contributed by atoms with Gasteiger partial charge in [-0.15, -0.1) is 0 Å². The second kappa shape index (κ2) is 6.26. The van der Waals surface area contributed by atoms with Crippen molar-refractivity contribution in [3.8, 4) is 0 Å². The summed E-state index contributed by atoms with van der Waals surface area (Å²) in [6.45, 7) is 2.97. The number of carbonyl (C=O) groups is 2. The number of hydrogen-bond donors (Lipinski definition) is 2. The summed E-state index contributed by atoms with van der Waals surface area (Å²) >= 11 is 3.37. The Morgan fingerprint density at radius 2 is 2.05 bits per heavy atom. The van der Waals surface area contributed by atoms with Crippen molar-refractivity contribution in [2.24, 2.45) is 5.73 Å². The second-order valence-corrected chi connectivity index (χ2v) is 5.97. The average molecular weight is 340 g/mol. The second-order valence-electron chi connectivity index (χ2n) is 5.05. The standard InChI is InChI=1S/C14H18BrN3O2/c1-9(10-2-4-11(15)5-3-10)13(19)17-12-6-7-18(8-12)14(16)20/h2-5,9,12H,6-8H2,1H3,(H2,16,20)(H,17,19). The van der Waals surface area contributed by atoms with Crippen LogP contribution in [0.15, 0.2) is 28.7 Å². The molecular formula is C14H18BrN3O2. The van der Waals surface area contributed by atoms with E-state index in [-0.39, 0.29) is 17.9 Å². The Labute approximate surface area is 126 Å². The first-order valence-electron chi connectivity index (χ1n) is 6.57. The smallest absolute Gasteiger partial charge is 0.314 e. The van der Waals surface area contributed by atoms with Gasteiger partial charge in [-0.2, -0.15) is 0 Å². The summed E-state index contributed by atoms with van der Waals surface area (Å²) in [4.78, 5) is 24.8. The molecule has 20 heavy (non-hydrogen) atoms. The molecule has 0 saturated carbocycles. The van der Waals surface area contributed by atoms with Crippen LogP contribution in [0.5, 0.6) is 0 Å². The Morgan fingerprint density at radius 3 is 2.60 bits per heavy atom. The number of urea groups is 1. The number of nitrogens with two attached hydrogens (primary N) is 1. The van der Waals surface area contributed by atoms with Gasteiger partial charge in [0.1, 0.15) is 0 Å². The summed E-state index contributed by atoms with van der Waals surface area (Å²) < 4.78 is 0.988. The van der Waals surface area contributed by atoms with Crippen LogP contribution >= 0.6 is 15.9 Å². The molecule has 1 aliphatic rings. The third-order valence-electron chi connectivity index (χ3n) is 3.61. The van der Waals surface area contributed by atoms with Gasteiger partial charge in [-0.1, -0.05) is 28.1 Å². The Hall–Kier alpha value is -1.56. The predicted molar refractivity (Wildman–Crippen MR) is 80.3 cm³/mol. The highest BCUT2D eigenvalue weighted by Gasteiger charge is 2.27. The molecule has 0 bridgehead atoms. The number of primary amides is 1. The molecule has 1 aromatic carbocycles. The number of nitrogens with zero attached hydrogens (tertiary/aromatic N) is 1. The highest BCUT2D eigenvalue weighted by atomic mass is 79.9. The molecule has 1 saturated heterocycles. The minimum atomic E-state index is -0.428. The molecule has 1 heterocycles. The summed E-state index contributed by atoms with van der Waals surface area (Å²) in [6, 6.07) is 7.26. The third-order valence-corrected chi connectivity index (χ3v) is 4.14. The van der Waals surface area contributed by atoms with Crippen molar-refractivity contribution in [3.63, 3.8) is 0 Å². The van der Waals surface area contributed by atoms with Gasteiger partial charge >= 0.3 is 6.03 Å². The fourth-order valence-corrected chi connectivity index (χ4v) is 2.57. The van der Waals surface area contributed by atoms with Crippen molar-refractivity contribution >= 4 is 27.9 Å². The van der Waals surface area contributed by atoms with Gasteiger partial charge in [0.15, 0.2) is 0 Å². The first kappa shape index (κ1) is 14.8. The van der Waals surface area contributed by atoms with Crippen LogP contribution in [0.2, 0.25) is 0 Å². The molecule has 3 amide bonds. The van der Waals surface area contributed by atoms with Gasteiger partial charge < -0.3 is 16.0 Å². The van der Waals surface area contributed by atoms with Crippen molar-refractivity contribution in [2.45, 2.75) is 25.3 Å². The molecule has 1 aromatic rings. The van der Waals surface area contributed by atoms with Crippen LogP contribution in [0.4, 0.5) is 4.79 Å². The Morgan fingerprint density at radius 1 is 1.40 bits per heavy atom. The lowest BCUT2D eigenvalue weighted by Crippen LogP contribution is -2.41. The molecule has 0 aromatic heterocycles. The van der Waals surface area contributed by atoms with Crippen LogP contribution in [0.3, 0.4) is 0 Å². The van der Waals surface area contributed by atoms with Gasteiger partial charge in [0, 0.05) is 23.6 Å². The van der Waals surface area contributed by atoms with E-state index in [2.05, 4.69) is 21.2 Å². The first-order valence-corrected chi connectivity index (χ1v) is 7.37. The van der Waals surface area contributed by atoms with Crippen LogP contribution < -0.4 is 11.1 Å². The van der Waals surface area contributed by atoms with E-state index < -0.39 is 6.03 Å². The number of nitrogens with one attached hydrogen (secondary N) is 1. The number of rotatable bonds is 3. The van der Waals surface area contributed by atoms with Crippen molar-refractivity contribution < 1.29 is 9.59 Å². The average Bonchev–Trinajstić information content (AvgIpc) is 2.87. The number of hydrogen-bond acceptors (Lipinski definition) is 2.